The first-order chi connectivity index (χ1) is 9.65. The normalized spacial score (nSPS) is 28.1. The van der Waals surface area contributed by atoms with Crippen LogP contribution in [0.2, 0.25) is 0 Å². The highest BCUT2D eigenvalue weighted by atomic mass is 16.3. The molecule has 1 amide bonds. The molecule has 1 aliphatic carbocycles. The molecule has 0 aromatic carbocycles. The molecule has 1 saturated heterocycles. The van der Waals surface area contributed by atoms with Gasteiger partial charge in [-0.15, -0.1) is 0 Å². The van der Waals surface area contributed by atoms with Crippen LogP contribution in [0.1, 0.15) is 38.5 Å². The SMILES string of the molecule is N#CC1CC[C@@H](C#N)N1C(=O)CNC1(CO)CCCC1. The van der Waals surface area contributed by atoms with Gasteiger partial charge >= 0.3 is 0 Å². The molecule has 6 heteroatoms. The Morgan fingerprint density at radius 1 is 1.25 bits per heavy atom. The minimum absolute atomic E-state index is 0.0175. The van der Waals surface area contributed by atoms with E-state index in [9.17, 15) is 9.90 Å². The number of amides is 1. The number of nitriles is 2. The number of hydrogen-bond donors (Lipinski definition) is 2. The summed E-state index contributed by atoms with van der Waals surface area (Å²) in [5.74, 6) is -0.222. The van der Waals surface area contributed by atoms with Crippen molar-refractivity contribution in [3.05, 3.63) is 0 Å². The van der Waals surface area contributed by atoms with E-state index in [1.807, 2.05) is 0 Å². The van der Waals surface area contributed by atoms with Gasteiger partial charge < -0.3 is 15.3 Å². The number of aliphatic hydroxyl groups is 1. The second-order valence-corrected chi connectivity index (χ2v) is 5.67. The Hall–Kier alpha value is -1.63. The van der Waals surface area contributed by atoms with Crippen molar-refractivity contribution in [2.75, 3.05) is 13.2 Å². The summed E-state index contributed by atoms with van der Waals surface area (Å²) in [7, 11) is 0. The zero-order valence-electron chi connectivity index (χ0n) is 11.5. The first kappa shape index (κ1) is 14.8. The predicted molar refractivity (Wildman–Crippen MR) is 71.2 cm³/mol. The highest BCUT2D eigenvalue weighted by Gasteiger charge is 2.39. The van der Waals surface area contributed by atoms with Crippen molar-refractivity contribution in [3.63, 3.8) is 0 Å². The molecular formula is C14H20N4O2. The lowest BCUT2D eigenvalue weighted by atomic mass is 9.99. The Kier molecular flexibility index (Phi) is 4.59. The highest BCUT2D eigenvalue weighted by molar-refractivity contribution is 5.80. The lowest BCUT2D eigenvalue weighted by Crippen LogP contribution is -2.52. The standard InChI is InChI=1S/C14H20N4O2/c15-7-11-3-4-12(8-16)18(11)13(20)9-17-14(10-19)5-1-2-6-14/h11-12,17,19H,1-6,9-10H2/t11-,12?/m0/s1. The fourth-order valence-electron chi connectivity index (χ4n) is 3.21. The average molecular weight is 276 g/mol. The van der Waals surface area contributed by atoms with E-state index in [0.29, 0.717) is 12.8 Å². The molecular weight excluding hydrogens is 256 g/mol. The molecule has 108 valence electrons. The summed E-state index contributed by atoms with van der Waals surface area (Å²) >= 11 is 0. The largest absolute Gasteiger partial charge is 0.394 e. The number of rotatable bonds is 4. The van der Waals surface area contributed by atoms with Crippen molar-refractivity contribution in [3.8, 4) is 12.1 Å². The molecule has 2 fully saturated rings. The lowest BCUT2D eigenvalue weighted by molar-refractivity contribution is -0.131. The monoisotopic (exact) mass is 276 g/mol. The molecule has 20 heavy (non-hydrogen) atoms. The van der Waals surface area contributed by atoms with Crippen LogP contribution >= 0.6 is 0 Å². The maximum atomic E-state index is 12.3. The van der Waals surface area contributed by atoms with Gasteiger partial charge in [0.25, 0.3) is 0 Å². The molecule has 0 spiro atoms. The summed E-state index contributed by atoms with van der Waals surface area (Å²) in [4.78, 5) is 13.7. The molecule has 0 radical (unpaired) electrons. The summed E-state index contributed by atoms with van der Waals surface area (Å²) in [5, 5.41) is 30.8. The zero-order valence-corrected chi connectivity index (χ0v) is 11.5. The van der Waals surface area contributed by atoms with Crippen molar-refractivity contribution in [2.45, 2.75) is 56.1 Å². The number of carbonyl (C=O) groups excluding carboxylic acids is 1. The van der Waals surface area contributed by atoms with Crippen LogP contribution in [0.4, 0.5) is 0 Å². The number of aliphatic hydroxyl groups excluding tert-OH is 1. The third kappa shape index (κ3) is 2.77. The van der Waals surface area contributed by atoms with Crippen LogP contribution in [0.3, 0.4) is 0 Å². The number of nitrogens with zero attached hydrogens (tertiary/aromatic N) is 3. The maximum Gasteiger partial charge on any atom is 0.238 e. The summed E-state index contributed by atoms with van der Waals surface area (Å²) in [6.07, 6.45) is 4.94. The number of hydrogen-bond acceptors (Lipinski definition) is 5. The summed E-state index contributed by atoms with van der Waals surface area (Å²) in [6.45, 7) is 0.0978. The molecule has 0 bridgehead atoms. The Morgan fingerprint density at radius 2 is 1.80 bits per heavy atom. The van der Waals surface area contributed by atoms with E-state index in [0.717, 1.165) is 25.7 Å². The van der Waals surface area contributed by atoms with Gasteiger partial charge in [0.1, 0.15) is 12.1 Å². The van der Waals surface area contributed by atoms with E-state index in [1.165, 1.54) is 4.90 Å². The van der Waals surface area contributed by atoms with Crippen molar-refractivity contribution in [1.29, 1.82) is 10.5 Å². The van der Waals surface area contributed by atoms with Gasteiger partial charge in [0, 0.05) is 5.54 Å². The highest BCUT2D eigenvalue weighted by Crippen LogP contribution is 2.29. The van der Waals surface area contributed by atoms with Crippen LogP contribution < -0.4 is 5.32 Å². The molecule has 1 aliphatic heterocycles. The van der Waals surface area contributed by atoms with Gasteiger partial charge in [0.15, 0.2) is 0 Å². The fourth-order valence-corrected chi connectivity index (χ4v) is 3.21. The fraction of sp³-hybridized carbons (Fsp3) is 0.786. The van der Waals surface area contributed by atoms with Crippen LogP contribution in [-0.4, -0.2) is 46.7 Å². The smallest absolute Gasteiger partial charge is 0.238 e. The van der Waals surface area contributed by atoms with Gasteiger partial charge in [-0.3, -0.25) is 4.79 Å². The van der Waals surface area contributed by atoms with E-state index in [2.05, 4.69) is 17.5 Å². The predicted octanol–water partition coefficient (Wildman–Crippen LogP) is 0.288. The van der Waals surface area contributed by atoms with Gasteiger partial charge in [-0.05, 0) is 25.7 Å². The third-order valence-electron chi connectivity index (χ3n) is 4.45. The molecule has 2 N–H and O–H groups in total. The molecule has 0 aromatic heterocycles. The van der Waals surface area contributed by atoms with Gasteiger partial charge in [0.2, 0.25) is 5.91 Å². The zero-order chi connectivity index (χ0) is 14.6. The molecule has 1 unspecified atom stereocenters. The quantitative estimate of drug-likeness (QED) is 0.768. The Bertz CT molecular complexity index is 423. The minimum atomic E-state index is -0.498. The van der Waals surface area contributed by atoms with Gasteiger partial charge in [-0.2, -0.15) is 10.5 Å². The molecule has 2 rings (SSSR count). The number of likely N-dealkylation sites (tertiary alicyclic amines) is 1. The molecule has 2 aliphatic rings. The number of nitrogens with one attached hydrogen (secondary N) is 1. The summed E-state index contributed by atoms with van der Waals surface area (Å²) in [6, 6.07) is 3.18. The second-order valence-electron chi connectivity index (χ2n) is 5.67. The third-order valence-corrected chi connectivity index (χ3v) is 4.45. The van der Waals surface area contributed by atoms with Crippen LogP contribution in [0.15, 0.2) is 0 Å². The van der Waals surface area contributed by atoms with Crippen molar-refractivity contribution in [2.24, 2.45) is 0 Å². The first-order valence-electron chi connectivity index (χ1n) is 7.12. The van der Waals surface area contributed by atoms with Gasteiger partial charge in [0.05, 0.1) is 25.3 Å². The average Bonchev–Trinajstić information content (AvgIpc) is 3.11. The van der Waals surface area contributed by atoms with Crippen LogP contribution in [0, 0.1) is 22.7 Å². The van der Waals surface area contributed by atoms with Crippen molar-refractivity contribution >= 4 is 5.91 Å². The Labute approximate surface area is 119 Å². The Balaban J connectivity index is 1.97. The molecule has 1 heterocycles. The van der Waals surface area contributed by atoms with Crippen molar-refractivity contribution < 1.29 is 9.90 Å². The van der Waals surface area contributed by atoms with Crippen LogP contribution in [0.5, 0.6) is 0 Å². The van der Waals surface area contributed by atoms with E-state index in [-0.39, 0.29) is 24.6 Å². The maximum absolute atomic E-state index is 12.3. The van der Waals surface area contributed by atoms with Crippen LogP contribution in [-0.2, 0) is 4.79 Å². The summed E-state index contributed by atoms with van der Waals surface area (Å²) in [5.41, 5.74) is -0.361. The minimum Gasteiger partial charge on any atom is -0.394 e. The van der Waals surface area contributed by atoms with Crippen molar-refractivity contribution in [1.82, 2.24) is 10.2 Å². The summed E-state index contributed by atoms with van der Waals surface area (Å²) < 4.78 is 0. The van der Waals surface area contributed by atoms with E-state index >= 15 is 0 Å². The molecule has 2 atom stereocenters. The second kappa shape index (κ2) is 6.21. The van der Waals surface area contributed by atoms with Crippen LogP contribution in [0.25, 0.3) is 0 Å². The molecule has 6 nitrogen and oxygen atoms in total. The lowest BCUT2D eigenvalue weighted by Gasteiger charge is -2.30. The van der Waals surface area contributed by atoms with Gasteiger partial charge in [-0.1, -0.05) is 12.8 Å². The van der Waals surface area contributed by atoms with Gasteiger partial charge in [-0.25, -0.2) is 0 Å². The van der Waals surface area contributed by atoms with E-state index < -0.39 is 12.1 Å². The van der Waals surface area contributed by atoms with E-state index in [1.54, 1.807) is 0 Å². The topological polar surface area (TPSA) is 100 Å². The molecule has 0 aromatic rings. The number of carbonyl (C=O) groups is 1. The molecule has 1 saturated carbocycles. The first-order valence-corrected chi connectivity index (χ1v) is 7.12. The Morgan fingerprint density at radius 3 is 2.25 bits per heavy atom. The van der Waals surface area contributed by atoms with E-state index in [4.69, 9.17) is 10.5 Å².